The van der Waals surface area contributed by atoms with Gasteiger partial charge >= 0.3 is 0 Å². The Morgan fingerprint density at radius 2 is 1.76 bits per heavy atom. The van der Waals surface area contributed by atoms with Crippen molar-refractivity contribution in [1.29, 1.82) is 0 Å². The van der Waals surface area contributed by atoms with Crippen LogP contribution < -0.4 is 11.1 Å². The summed E-state index contributed by atoms with van der Waals surface area (Å²) in [6, 6.07) is 7.79. The first-order valence-corrected chi connectivity index (χ1v) is 6.02. The summed E-state index contributed by atoms with van der Waals surface area (Å²) in [5.74, 6) is -0.139. The Hall–Kier alpha value is -1.42. The average Bonchev–Trinajstić information content (AvgIpc) is 2.28. The van der Waals surface area contributed by atoms with E-state index in [1.54, 1.807) is 6.92 Å². The van der Waals surface area contributed by atoms with E-state index < -0.39 is 5.92 Å². The minimum atomic E-state index is -0.449. The predicted molar refractivity (Wildman–Crippen MR) is 75.1 cm³/mol. The molecule has 0 aliphatic carbocycles. The first kappa shape index (κ1) is 13.6. The fourth-order valence-electron chi connectivity index (χ4n) is 1.33. The Balaban J connectivity index is 2.70. The number of hydrogen-bond acceptors (Lipinski definition) is 2. The van der Waals surface area contributed by atoms with Crippen LogP contribution in [0.1, 0.15) is 32.3 Å². The van der Waals surface area contributed by atoms with E-state index in [-0.39, 0.29) is 10.9 Å². The van der Waals surface area contributed by atoms with Crippen molar-refractivity contribution < 1.29 is 4.79 Å². The third kappa shape index (κ3) is 3.82. The maximum Gasteiger partial charge on any atom is 0.234 e. The molecule has 0 bridgehead atoms. The molecule has 3 N–H and O–H groups in total. The highest BCUT2D eigenvalue weighted by Crippen LogP contribution is 2.17. The molecule has 0 spiro atoms. The molecular weight excluding hydrogens is 232 g/mol. The van der Waals surface area contributed by atoms with E-state index in [4.69, 9.17) is 18.0 Å². The summed E-state index contributed by atoms with van der Waals surface area (Å²) in [6.45, 7) is 5.95. The van der Waals surface area contributed by atoms with Gasteiger partial charge in [-0.2, -0.15) is 0 Å². The van der Waals surface area contributed by atoms with Crippen LogP contribution in [0.2, 0.25) is 0 Å². The first-order valence-electron chi connectivity index (χ1n) is 5.62. The number of thiocarbonyl (C=S) groups is 1. The number of nitrogens with one attached hydrogen (secondary N) is 1. The van der Waals surface area contributed by atoms with E-state index in [1.165, 1.54) is 5.56 Å². The molecule has 0 saturated heterocycles. The van der Waals surface area contributed by atoms with Crippen LogP contribution in [-0.2, 0) is 4.79 Å². The maximum atomic E-state index is 11.7. The standard InChI is InChI=1S/C13H18N2OS/c1-8(2)10-4-6-11(7-5-10)15-13(16)9(3)12(14)17/h4-9H,1-3H3,(H2,14,17)(H,15,16). The molecule has 3 nitrogen and oxygen atoms in total. The lowest BCUT2D eigenvalue weighted by molar-refractivity contribution is -0.117. The van der Waals surface area contributed by atoms with E-state index in [9.17, 15) is 4.79 Å². The van der Waals surface area contributed by atoms with Crippen molar-refractivity contribution in [1.82, 2.24) is 0 Å². The highest BCUT2D eigenvalue weighted by atomic mass is 32.1. The Morgan fingerprint density at radius 3 is 2.18 bits per heavy atom. The molecule has 0 aromatic heterocycles. The van der Waals surface area contributed by atoms with Gasteiger partial charge in [-0.3, -0.25) is 4.79 Å². The van der Waals surface area contributed by atoms with Gasteiger partial charge in [0.1, 0.15) is 0 Å². The Kier molecular flexibility index (Phi) is 4.63. The van der Waals surface area contributed by atoms with Gasteiger partial charge < -0.3 is 11.1 Å². The first-order chi connectivity index (χ1) is 7.91. The van der Waals surface area contributed by atoms with Gasteiger partial charge in [0.15, 0.2) is 0 Å². The summed E-state index contributed by atoms with van der Waals surface area (Å²) < 4.78 is 0. The molecule has 1 atom stereocenters. The zero-order valence-corrected chi connectivity index (χ0v) is 11.2. The fourth-order valence-corrected chi connectivity index (χ4v) is 1.44. The van der Waals surface area contributed by atoms with Gasteiger partial charge in [0.05, 0.1) is 10.9 Å². The van der Waals surface area contributed by atoms with Crippen molar-refractivity contribution in [2.75, 3.05) is 5.32 Å². The quantitative estimate of drug-likeness (QED) is 0.808. The molecular formula is C13H18N2OS. The Bertz CT molecular complexity index is 412. The van der Waals surface area contributed by atoms with E-state index in [1.807, 2.05) is 24.3 Å². The van der Waals surface area contributed by atoms with Gasteiger partial charge in [-0.05, 0) is 30.5 Å². The number of benzene rings is 1. The fraction of sp³-hybridized carbons (Fsp3) is 0.385. The van der Waals surface area contributed by atoms with Gasteiger partial charge in [0.2, 0.25) is 5.91 Å². The molecule has 1 aromatic rings. The van der Waals surface area contributed by atoms with E-state index in [0.717, 1.165) is 5.69 Å². The van der Waals surface area contributed by atoms with Crippen LogP contribution in [0, 0.1) is 5.92 Å². The minimum absolute atomic E-state index is 0.171. The number of carbonyl (C=O) groups is 1. The second kappa shape index (κ2) is 5.77. The molecule has 1 rings (SSSR count). The zero-order valence-electron chi connectivity index (χ0n) is 10.4. The van der Waals surface area contributed by atoms with Crippen LogP contribution in [0.5, 0.6) is 0 Å². The number of amides is 1. The SMILES string of the molecule is CC(C(=O)Nc1ccc(C(C)C)cc1)C(N)=S. The molecule has 0 fully saturated rings. The Morgan fingerprint density at radius 1 is 1.24 bits per heavy atom. The van der Waals surface area contributed by atoms with Crippen molar-refractivity contribution in [2.45, 2.75) is 26.7 Å². The summed E-state index contributed by atoms with van der Waals surface area (Å²) in [6.07, 6.45) is 0. The summed E-state index contributed by atoms with van der Waals surface area (Å²) in [5.41, 5.74) is 7.43. The normalized spacial score (nSPS) is 12.2. The topological polar surface area (TPSA) is 55.1 Å². The van der Waals surface area contributed by atoms with Crippen LogP contribution >= 0.6 is 12.2 Å². The van der Waals surface area contributed by atoms with Crippen LogP contribution in [0.25, 0.3) is 0 Å². The molecule has 17 heavy (non-hydrogen) atoms. The largest absolute Gasteiger partial charge is 0.393 e. The molecule has 4 heteroatoms. The summed E-state index contributed by atoms with van der Waals surface area (Å²) in [5, 5.41) is 2.78. The predicted octanol–water partition coefficient (Wildman–Crippen LogP) is 2.67. The lowest BCUT2D eigenvalue weighted by atomic mass is 10.0. The van der Waals surface area contributed by atoms with Gasteiger partial charge in [-0.25, -0.2) is 0 Å². The minimum Gasteiger partial charge on any atom is -0.393 e. The Labute approximate surface area is 107 Å². The number of anilines is 1. The smallest absolute Gasteiger partial charge is 0.234 e. The maximum absolute atomic E-state index is 11.7. The molecule has 1 amide bonds. The second-order valence-electron chi connectivity index (χ2n) is 4.39. The van der Waals surface area contributed by atoms with Gasteiger partial charge in [-0.1, -0.05) is 38.2 Å². The van der Waals surface area contributed by atoms with Crippen molar-refractivity contribution in [3.8, 4) is 0 Å². The van der Waals surface area contributed by atoms with E-state index in [0.29, 0.717) is 5.92 Å². The van der Waals surface area contributed by atoms with Gasteiger partial charge in [0.25, 0.3) is 0 Å². The monoisotopic (exact) mass is 250 g/mol. The summed E-state index contributed by atoms with van der Waals surface area (Å²) >= 11 is 4.78. The molecule has 1 unspecified atom stereocenters. The lowest BCUT2D eigenvalue weighted by Crippen LogP contribution is -2.30. The van der Waals surface area contributed by atoms with Gasteiger partial charge in [0, 0.05) is 5.69 Å². The van der Waals surface area contributed by atoms with Crippen LogP contribution in [0.15, 0.2) is 24.3 Å². The highest BCUT2D eigenvalue weighted by molar-refractivity contribution is 7.80. The summed E-state index contributed by atoms with van der Waals surface area (Å²) in [7, 11) is 0. The molecule has 0 aliphatic rings. The molecule has 0 saturated carbocycles. The number of nitrogens with two attached hydrogens (primary N) is 1. The van der Waals surface area contributed by atoms with Crippen molar-refractivity contribution in [3.05, 3.63) is 29.8 Å². The molecule has 0 radical (unpaired) electrons. The molecule has 0 aliphatic heterocycles. The number of rotatable bonds is 4. The number of hydrogen-bond donors (Lipinski definition) is 2. The zero-order chi connectivity index (χ0) is 13.0. The van der Waals surface area contributed by atoms with Crippen LogP contribution in [0.4, 0.5) is 5.69 Å². The lowest BCUT2D eigenvalue weighted by Gasteiger charge is -2.11. The molecule has 0 heterocycles. The van der Waals surface area contributed by atoms with Crippen molar-refractivity contribution >= 4 is 28.8 Å². The van der Waals surface area contributed by atoms with E-state index in [2.05, 4.69) is 19.2 Å². The van der Waals surface area contributed by atoms with Crippen LogP contribution in [-0.4, -0.2) is 10.9 Å². The third-order valence-corrected chi connectivity index (χ3v) is 3.02. The average molecular weight is 250 g/mol. The molecule has 92 valence electrons. The molecule has 1 aromatic carbocycles. The van der Waals surface area contributed by atoms with Crippen molar-refractivity contribution in [3.63, 3.8) is 0 Å². The van der Waals surface area contributed by atoms with Crippen molar-refractivity contribution in [2.24, 2.45) is 11.7 Å². The highest BCUT2D eigenvalue weighted by Gasteiger charge is 2.15. The number of carbonyl (C=O) groups excluding carboxylic acids is 1. The summed E-state index contributed by atoms with van der Waals surface area (Å²) in [4.78, 5) is 11.9. The van der Waals surface area contributed by atoms with E-state index >= 15 is 0 Å². The third-order valence-electron chi connectivity index (χ3n) is 2.66. The van der Waals surface area contributed by atoms with Crippen LogP contribution in [0.3, 0.4) is 0 Å². The van der Waals surface area contributed by atoms with Gasteiger partial charge in [-0.15, -0.1) is 0 Å². The second-order valence-corrected chi connectivity index (χ2v) is 4.86.